The number of ether oxygens (including phenoxy) is 1. The quantitative estimate of drug-likeness (QED) is 0.458. The molecule has 4 heteroatoms. The Kier molecular flexibility index (Phi) is 5.45. The van der Waals surface area contributed by atoms with Gasteiger partial charge in [-0.2, -0.15) is 0 Å². The van der Waals surface area contributed by atoms with E-state index in [1.54, 1.807) is 6.92 Å². The summed E-state index contributed by atoms with van der Waals surface area (Å²) < 4.78 is 27.5. The van der Waals surface area contributed by atoms with Crippen molar-refractivity contribution in [2.24, 2.45) is 0 Å². The van der Waals surface area contributed by atoms with Crippen LogP contribution in [0.5, 0.6) is 0 Å². The molecule has 0 unspecified atom stereocenters. The number of halogens is 2. The number of hydrogen-bond acceptors (Lipinski definition) is 2. The highest BCUT2D eigenvalue weighted by molar-refractivity contribution is 5.94. The van der Waals surface area contributed by atoms with Gasteiger partial charge in [0.15, 0.2) is 5.78 Å². The summed E-state index contributed by atoms with van der Waals surface area (Å²) in [6, 6.07) is 0. The summed E-state index contributed by atoms with van der Waals surface area (Å²) in [5.74, 6) is -0.149. The average molecular weight is 178 g/mol. The average Bonchev–Trinajstić information content (AvgIpc) is 1.97. The fourth-order valence-electron chi connectivity index (χ4n) is 0.551. The van der Waals surface area contributed by atoms with Gasteiger partial charge in [-0.05, 0) is 12.5 Å². The predicted octanol–water partition coefficient (Wildman–Crippen LogP) is 1.80. The van der Waals surface area contributed by atoms with Gasteiger partial charge in [0.25, 0.3) is 6.43 Å². The molecule has 0 aliphatic heterocycles. The van der Waals surface area contributed by atoms with Crippen LogP contribution in [0.1, 0.15) is 13.3 Å². The standard InChI is InChI=1S/C8H12F2O2/c1-6(2)7(11)3-4-12-5-8(9)10/h8H,1,3-5H2,2H3. The molecule has 0 spiro atoms. The maximum absolute atomic E-state index is 11.5. The van der Waals surface area contributed by atoms with E-state index in [-0.39, 0.29) is 18.8 Å². The second kappa shape index (κ2) is 5.83. The van der Waals surface area contributed by atoms with Gasteiger partial charge in [0.2, 0.25) is 0 Å². The van der Waals surface area contributed by atoms with Gasteiger partial charge < -0.3 is 4.74 Å². The van der Waals surface area contributed by atoms with E-state index in [0.29, 0.717) is 5.57 Å². The van der Waals surface area contributed by atoms with Gasteiger partial charge >= 0.3 is 0 Å². The molecule has 12 heavy (non-hydrogen) atoms. The molecule has 0 amide bonds. The number of rotatable bonds is 6. The fraction of sp³-hybridized carbons (Fsp3) is 0.625. The number of alkyl halides is 2. The highest BCUT2D eigenvalue weighted by Gasteiger charge is 2.04. The normalized spacial score (nSPS) is 10.3. The third-order valence-corrected chi connectivity index (χ3v) is 1.19. The van der Waals surface area contributed by atoms with Crippen molar-refractivity contribution in [2.75, 3.05) is 13.2 Å². The van der Waals surface area contributed by atoms with Gasteiger partial charge in [0.05, 0.1) is 6.61 Å². The molecule has 0 atom stereocenters. The minimum atomic E-state index is -2.47. The second-order valence-electron chi connectivity index (χ2n) is 2.42. The summed E-state index contributed by atoms with van der Waals surface area (Å²) in [6.45, 7) is 4.42. The maximum Gasteiger partial charge on any atom is 0.261 e. The number of allylic oxidation sites excluding steroid dienone is 1. The molecule has 70 valence electrons. The Morgan fingerprint density at radius 2 is 2.17 bits per heavy atom. The maximum atomic E-state index is 11.5. The Balaban J connectivity index is 3.32. The van der Waals surface area contributed by atoms with E-state index in [1.807, 2.05) is 0 Å². The minimum absolute atomic E-state index is 0.0377. The second-order valence-corrected chi connectivity index (χ2v) is 2.42. The van der Waals surface area contributed by atoms with Crippen molar-refractivity contribution in [3.8, 4) is 0 Å². The molecule has 0 aromatic carbocycles. The molecule has 0 heterocycles. The Labute approximate surface area is 70.2 Å². The monoisotopic (exact) mass is 178 g/mol. The van der Waals surface area contributed by atoms with Crippen LogP contribution in [0.3, 0.4) is 0 Å². The summed E-state index contributed by atoms with van der Waals surface area (Å²) >= 11 is 0. The first-order valence-electron chi connectivity index (χ1n) is 3.58. The van der Waals surface area contributed by atoms with Gasteiger partial charge in [0.1, 0.15) is 6.61 Å². The zero-order valence-corrected chi connectivity index (χ0v) is 6.98. The smallest absolute Gasteiger partial charge is 0.261 e. The number of carbonyl (C=O) groups is 1. The van der Waals surface area contributed by atoms with Crippen LogP contribution in [-0.4, -0.2) is 25.4 Å². The number of ketones is 1. The topological polar surface area (TPSA) is 26.3 Å². The first kappa shape index (κ1) is 11.2. The van der Waals surface area contributed by atoms with Crippen LogP contribution < -0.4 is 0 Å². The Bertz CT molecular complexity index is 166. The van der Waals surface area contributed by atoms with Crippen LogP contribution in [0.2, 0.25) is 0 Å². The van der Waals surface area contributed by atoms with Crippen LogP contribution in [0.25, 0.3) is 0 Å². The molecule has 0 bridgehead atoms. The number of hydrogen-bond donors (Lipinski definition) is 0. The molecular formula is C8H12F2O2. The molecule has 2 nitrogen and oxygen atoms in total. The lowest BCUT2D eigenvalue weighted by atomic mass is 10.2. The molecule has 0 radical (unpaired) electrons. The van der Waals surface area contributed by atoms with Crippen LogP contribution in [0, 0.1) is 0 Å². The molecular weight excluding hydrogens is 166 g/mol. The van der Waals surface area contributed by atoms with Gasteiger partial charge in [-0.25, -0.2) is 8.78 Å². The van der Waals surface area contributed by atoms with Crippen molar-refractivity contribution in [1.82, 2.24) is 0 Å². The fourth-order valence-corrected chi connectivity index (χ4v) is 0.551. The lowest BCUT2D eigenvalue weighted by Gasteiger charge is -2.01. The third kappa shape index (κ3) is 5.97. The lowest BCUT2D eigenvalue weighted by Crippen LogP contribution is -2.09. The lowest BCUT2D eigenvalue weighted by molar-refractivity contribution is -0.116. The molecule has 0 aliphatic carbocycles. The van der Waals surface area contributed by atoms with Gasteiger partial charge in [-0.15, -0.1) is 0 Å². The van der Waals surface area contributed by atoms with E-state index in [1.165, 1.54) is 0 Å². The largest absolute Gasteiger partial charge is 0.375 e. The first-order valence-corrected chi connectivity index (χ1v) is 3.58. The summed E-state index contributed by atoms with van der Waals surface area (Å²) in [5, 5.41) is 0. The summed E-state index contributed by atoms with van der Waals surface area (Å²) in [7, 11) is 0. The van der Waals surface area contributed by atoms with E-state index < -0.39 is 13.0 Å². The van der Waals surface area contributed by atoms with E-state index >= 15 is 0 Å². The van der Waals surface area contributed by atoms with Crippen LogP contribution in [-0.2, 0) is 9.53 Å². The zero-order valence-electron chi connectivity index (χ0n) is 6.98. The van der Waals surface area contributed by atoms with Gasteiger partial charge in [-0.3, -0.25) is 4.79 Å². The highest BCUT2D eigenvalue weighted by atomic mass is 19.3. The predicted molar refractivity (Wildman–Crippen MR) is 41.3 cm³/mol. The van der Waals surface area contributed by atoms with Crippen molar-refractivity contribution >= 4 is 5.78 Å². The van der Waals surface area contributed by atoms with Crippen molar-refractivity contribution in [3.63, 3.8) is 0 Å². The molecule has 0 aromatic heterocycles. The van der Waals surface area contributed by atoms with E-state index in [2.05, 4.69) is 11.3 Å². The van der Waals surface area contributed by atoms with Crippen molar-refractivity contribution in [1.29, 1.82) is 0 Å². The number of carbonyl (C=O) groups excluding carboxylic acids is 1. The molecule has 0 saturated carbocycles. The molecule has 0 fully saturated rings. The number of Topliss-reactive ketones (excluding diaryl/α,β-unsaturated/α-hetero) is 1. The van der Waals surface area contributed by atoms with Crippen molar-refractivity contribution in [2.45, 2.75) is 19.8 Å². The Morgan fingerprint density at radius 3 is 2.58 bits per heavy atom. The molecule has 0 N–H and O–H groups in total. The van der Waals surface area contributed by atoms with E-state index in [0.717, 1.165) is 0 Å². The minimum Gasteiger partial charge on any atom is -0.375 e. The third-order valence-electron chi connectivity index (χ3n) is 1.19. The Morgan fingerprint density at radius 1 is 1.58 bits per heavy atom. The molecule has 0 aromatic rings. The molecule has 0 aliphatic rings. The van der Waals surface area contributed by atoms with Crippen molar-refractivity contribution in [3.05, 3.63) is 12.2 Å². The molecule has 0 rings (SSSR count). The Hall–Kier alpha value is -0.770. The van der Waals surface area contributed by atoms with Crippen LogP contribution in [0.4, 0.5) is 8.78 Å². The summed E-state index contributed by atoms with van der Waals surface area (Å²) in [5.41, 5.74) is 0.427. The first-order chi connectivity index (χ1) is 5.54. The molecule has 0 saturated heterocycles. The summed E-state index contributed by atoms with van der Waals surface area (Å²) in [4.78, 5) is 10.8. The van der Waals surface area contributed by atoms with Crippen molar-refractivity contribution < 1.29 is 18.3 Å². The van der Waals surface area contributed by atoms with E-state index in [4.69, 9.17) is 0 Å². The SMILES string of the molecule is C=C(C)C(=O)CCOCC(F)F. The van der Waals surface area contributed by atoms with Crippen LogP contribution >= 0.6 is 0 Å². The highest BCUT2D eigenvalue weighted by Crippen LogP contribution is 1.97. The summed E-state index contributed by atoms with van der Waals surface area (Å²) in [6.07, 6.45) is -2.34. The van der Waals surface area contributed by atoms with Crippen LogP contribution in [0.15, 0.2) is 12.2 Å². The van der Waals surface area contributed by atoms with E-state index in [9.17, 15) is 13.6 Å². The van der Waals surface area contributed by atoms with Gasteiger partial charge in [0, 0.05) is 6.42 Å². The van der Waals surface area contributed by atoms with Gasteiger partial charge in [-0.1, -0.05) is 6.58 Å². The zero-order chi connectivity index (χ0) is 9.56.